The van der Waals surface area contributed by atoms with Crippen LogP contribution in [0.25, 0.3) is 0 Å². The summed E-state index contributed by atoms with van der Waals surface area (Å²) >= 11 is 1.49. The van der Waals surface area contributed by atoms with Crippen LogP contribution in [0.1, 0.15) is 39.4 Å². The van der Waals surface area contributed by atoms with E-state index in [-0.39, 0.29) is 18.8 Å². The van der Waals surface area contributed by atoms with Gasteiger partial charge in [-0.1, -0.05) is 0 Å². The first kappa shape index (κ1) is 16.4. The summed E-state index contributed by atoms with van der Waals surface area (Å²) < 4.78 is 7.14. The molecular formula is C16H20N2O3S. The van der Waals surface area contributed by atoms with Gasteiger partial charge in [0.25, 0.3) is 0 Å². The van der Waals surface area contributed by atoms with Crippen LogP contribution in [0.3, 0.4) is 0 Å². The SMILES string of the molecule is CCn1c(C)cc(C(=O)COC(=O)Cc2csc(C)n2)c1C. The molecule has 0 unspecified atom stereocenters. The first-order valence-corrected chi connectivity index (χ1v) is 8.06. The summed E-state index contributed by atoms with van der Waals surface area (Å²) in [6.07, 6.45) is 0.103. The van der Waals surface area contributed by atoms with Crippen LogP contribution in [0.5, 0.6) is 0 Å². The quantitative estimate of drug-likeness (QED) is 0.606. The number of esters is 1. The average molecular weight is 320 g/mol. The lowest BCUT2D eigenvalue weighted by Gasteiger charge is -2.06. The number of ether oxygens (including phenoxy) is 1. The van der Waals surface area contributed by atoms with Crippen molar-refractivity contribution in [3.63, 3.8) is 0 Å². The molecule has 0 aromatic carbocycles. The molecule has 6 heteroatoms. The maximum absolute atomic E-state index is 12.2. The fourth-order valence-electron chi connectivity index (χ4n) is 2.48. The van der Waals surface area contributed by atoms with Gasteiger partial charge in [0.15, 0.2) is 6.61 Å². The van der Waals surface area contributed by atoms with Crippen molar-refractivity contribution in [3.05, 3.63) is 39.1 Å². The summed E-state index contributed by atoms with van der Waals surface area (Å²) in [5, 5.41) is 2.73. The molecule has 0 atom stereocenters. The standard InChI is InChI=1S/C16H20N2O3S/c1-5-18-10(2)6-14(11(18)3)15(19)8-21-16(20)7-13-9-22-12(4)17-13/h6,9H,5,7-8H2,1-4H3. The predicted molar refractivity (Wildman–Crippen MR) is 85.4 cm³/mol. The minimum atomic E-state index is -0.428. The average Bonchev–Trinajstić information content (AvgIpc) is 2.99. The van der Waals surface area contributed by atoms with Gasteiger partial charge >= 0.3 is 5.97 Å². The number of hydrogen-bond acceptors (Lipinski definition) is 5. The zero-order valence-electron chi connectivity index (χ0n) is 13.3. The monoisotopic (exact) mass is 320 g/mol. The third-order valence-electron chi connectivity index (χ3n) is 3.55. The zero-order valence-corrected chi connectivity index (χ0v) is 14.1. The number of carbonyl (C=O) groups is 2. The van der Waals surface area contributed by atoms with Gasteiger partial charge in [-0.2, -0.15) is 0 Å². The number of rotatable bonds is 6. The molecule has 0 saturated carbocycles. The molecule has 0 fully saturated rings. The van der Waals surface area contributed by atoms with Crippen LogP contribution in [0.15, 0.2) is 11.4 Å². The number of aryl methyl sites for hydroxylation is 2. The van der Waals surface area contributed by atoms with Crippen LogP contribution in [-0.2, 0) is 22.5 Å². The maximum Gasteiger partial charge on any atom is 0.312 e. The Bertz CT molecular complexity index is 700. The second-order valence-corrected chi connectivity index (χ2v) is 6.21. The fourth-order valence-corrected chi connectivity index (χ4v) is 3.09. The summed E-state index contributed by atoms with van der Waals surface area (Å²) in [6, 6.07) is 1.85. The summed E-state index contributed by atoms with van der Waals surface area (Å²) in [7, 11) is 0. The highest BCUT2D eigenvalue weighted by molar-refractivity contribution is 7.09. The molecule has 2 rings (SSSR count). The van der Waals surface area contributed by atoms with Gasteiger partial charge < -0.3 is 9.30 Å². The molecule has 0 spiro atoms. The molecule has 0 amide bonds. The van der Waals surface area contributed by atoms with E-state index in [2.05, 4.69) is 9.55 Å². The van der Waals surface area contributed by atoms with Crippen molar-refractivity contribution in [1.82, 2.24) is 9.55 Å². The van der Waals surface area contributed by atoms with Crippen molar-refractivity contribution in [2.75, 3.05) is 6.61 Å². The van der Waals surface area contributed by atoms with Crippen LogP contribution >= 0.6 is 11.3 Å². The molecule has 0 aliphatic rings. The second kappa shape index (κ2) is 6.87. The number of aromatic nitrogens is 2. The Morgan fingerprint density at radius 1 is 1.32 bits per heavy atom. The molecule has 2 heterocycles. The minimum Gasteiger partial charge on any atom is -0.457 e. The molecule has 0 bridgehead atoms. The molecular weight excluding hydrogens is 300 g/mol. The Morgan fingerprint density at radius 3 is 2.59 bits per heavy atom. The van der Waals surface area contributed by atoms with E-state index in [4.69, 9.17) is 4.74 Å². The Kier molecular flexibility index (Phi) is 5.13. The number of carbonyl (C=O) groups excluding carboxylic acids is 2. The molecule has 22 heavy (non-hydrogen) atoms. The Hall–Kier alpha value is -1.95. The van der Waals surface area contributed by atoms with Gasteiger partial charge in [0, 0.05) is 28.9 Å². The van der Waals surface area contributed by atoms with Gasteiger partial charge in [-0.25, -0.2) is 4.98 Å². The number of thiazole rings is 1. The third-order valence-corrected chi connectivity index (χ3v) is 4.37. The van der Waals surface area contributed by atoms with Gasteiger partial charge in [0.05, 0.1) is 17.1 Å². The van der Waals surface area contributed by atoms with E-state index in [0.717, 1.165) is 22.9 Å². The number of hydrogen-bond donors (Lipinski definition) is 0. The molecule has 0 N–H and O–H groups in total. The summed E-state index contributed by atoms with van der Waals surface area (Å²) in [6.45, 7) is 8.37. The summed E-state index contributed by atoms with van der Waals surface area (Å²) in [5.74, 6) is -0.599. The van der Waals surface area contributed by atoms with Crippen LogP contribution in [0.2, 0.25) is 0 Å². The predicted octanol–water partition coefficient (Wildman–Crippen LogP) is 2.86. The van der Waals surface area contributed by atoms with E-state index in [9.17, 15) is 9.59 Å². The smallest absolute Gasteiger partial charge is 0.312 e. The first-order chi connectivity index (χ1) is 10.4. The molecule has 0 radical (unpaired) electrons. The van der Waals surface area contributed by atoms with E-state index in [1.165, 1.54) is 11.3 Å². The molecule has 2 aromatic heterocycles. The summed E-state index contributed by atoms with van der Waals surface area (Å²) in [4.78, 5) is 28.2. The van der Waals surface area contributed by atoms with Gasteiger partial charge in [-0.15, -0.1) is 11.3 Å². The number of Topliss-reactive ketones (excluding diaryl/α,β-unsaturated/α-hetero) is 1. The number of ketones is 1. The maximum atomic E-state index is 12.2. The van der Waals surface area contributed by atoms with E-state index >= 15 is 0 Å². The van der Waals surface area contributed by atoms with Gasteiger partial charge in [-0.3, -0.25) is 9.59 Å². The molecule has 0 saturated heterocycles. The lowest BCUT2D eigenvalue weighted by atomic mass is 10.1. The Labute approximate surface area is 133 Å². The van der Waals surface area contributed by atoms with Gasteiger partial charge in [-0.05, 0) is 33.8 Å². The van der Waals surface area contributed by atoms with Gasteiger partial charge in [0.1, 0.15) is 0 Å². The minimum absolute atomic E-state index is 0.103. The third kappa shape index (κ3) is 3.62. The molecule has 2 aromatic rings. The highest BCUT2D eigenvalue weighted by Crippen LogP contribution is 2.16. The van der Waals surface area contributed by atoms with Crippen molar-refractivity contribution in [2.24, 2.45) is 0 Å². The Balaban J connectivity index is 1.94. The highest BCUT2D eigenvalue weighted by Gasteiger charge is 2.17. The molecule has 0 aliphatic carbocycles. The van der Waals surface area contributed by atoms with E-state index < -0.39 is 5.97 Å². The van der Waals surface area contributed by atoms with Crippen LogP contribution in [0.4, 0.5) is 0 Å². The van der Waals surface area contributed by atoms with Gasteiger partial charge in [0.2, 0.25) is 5.78 Å². The van der Waals surface area contributed by atoms with Crippen LogP contribution < -0.4 is 0 Å². The van der Waals surface area contributed by atoms with Crippen LogP contribution in [0, 0.1) is 20.8 Å². The lowest BCUT2D eigenvalue weighted by Crippen LogP contribution is -2.16. The Morgan fingerprint density at radius 2 is 2.05 bits per heavy atom. The fraction of sp³-hybridized carbons (Fsp3) is 0.438. The van der Waals surface area contributed by atoms with Crippen molar-refractivity contribution in [1.29, 1.82) is 0 Å². The number of nitrogens with zero attached hydrogens (tertiary/aromatic N) is 2. The van der Waals surface area contributed by atoms with Crippen LogP contribution in [-0.4, -0.2) is 27.9 Å². The first-order valence-electron chi connectivity index (χ1n) is 7.19. The van der Waals surface area contributed by atoms with Crippen molar-refractivity contribution >= 4 is 23.1 Å². The second-order valence-electron chi connectivity index (χ2n) is 5.15. The van der Waals surface area contributed by atoms with Crippen molar-refractivity contribution < 1.29 is 14.3 Å². The summed E-state index contributed by atoms with van der Waals surface area (Å²) in [5.41, 5.74) is 3.25. The normalized spacial score (nSPS) is 10.7. The highest BCUT2D eigenvalue weighted by atomic mass is 32.1. The largest absolute Gasteiger partial charge is 0.457 e. The topological polar surface area (TPSA) is 61.2 Å². The van der Waals surface area contributed by atoms with Crippen molar-refractivity contribution in [3.8, 4) is 0 Å². The zero-order chi connectivity index (χ0) is 16.3. The van der Waals surface area contributed by atoms with Crippen molar-refractivity contribution in [2.45, 2.75) is 40.7 Å². The molecule has 5 nitrogen and oxygen atoms in total. The molecule has 0 aliphatic heterocycles. The van der Waals surface area contributed by atoms with E-state index in [0.29, 0.717) is 11.3 Å². The van der Waals surface area contributed by atoms with E-state index in [1.807, 2.05) is 39.1 Å². The van der Waals surface area contributed by atoms with E-state index in [1.54, 1.807) is 0 Å². The molecule has 118 valence electrons. The lowest BCUT2D eigenvalue weighted by molar-refractivity contribution is -0.141.